The number of methoxy groups -OCH3 is 1. The van der Waals surface area contributed by atoms with E-state index < -0.39 is 0 Å². The Morgan fingerprint density at radius 2 is 1.67 bits per heavy atom. The Bertz CT molecular complexity index is 748. The quantitative estimate of drug-likeness (QED) is 0.726. The van der Waals surface area contributed by atoms with Crippen LogP contribution in [0.2, 0.25) is 0 Å². The van der Waals surface area contributed by atoms with Crippen LogP contribution >= 0.6 is 0 Å². The van der Waals surface area contributed by atoms with Crippen LogP contribution in [0.1, 0.15) is 5.69 Å². The summed E-state index contributed by atoms with van der Waals surface area (Å²) in [5.41, 5.74) is 2.43. The lowest BCUT2D eigenvalue weighted by Gasteiger charge is -2.08. The van der Waals surface area contributed by atoms with Gasteiger partial charge in [-0.05, 0) is 43.3 Å². The van der Waals surface area contributed by atoms with E-state index in [1.54, 1.807) is 18.7 Å². The normalized spacial score (nSPS) is 10.6. The SMILES string of the molecule is COc1ccc(-c2c(F)c(C)nn2-c2ccccc2)cc1. The monoisotopic (exact) mass is 282 g/mol. The smallest absolute Gasteiger partial charge is 0.172 e. The molecule has 21 heavy (non-hydrogen) atoms. The average molecular weight is 282 g/mol. The van der Waals surface area contributed by atoms with E-state index in [1.165, 1.54) is 0 Å². The second-order valence-corrected chi connectivity index (χ2v) is 4.72. The molecule has 0 atom stereocenters. The van der Waals surface area contributed by atoms with Gasteiger partial charge in [0.1, 0.15) is 11.4 Å². The van der Waals surface area contributed by atoms with Crippen molar-refractivity contribution < 1.29 is 9.13 Å². The third-order valence-corrected chi connectivity index (χ3v) is 3.35. The molecule has 106 valence electrons. The molecule has 3 nitrogen and oxygen atoms in total. The molecule has 0 N–H and O–H groups in total. The Morgan fingerprint density at radius 1 is 1.00 bits per heavy atom. The Kier molecular flexibility index (Phi) is 3.44. The summed E-state index contributed by atoms with van der Waals surface area (Å²) in [4.78, 5) is 0. The lowest BCUT2D eigenvalue weighted by molar-refractivity contribution is 0.415. The number of aryl methyl sites for hydroxylation is 1. The molecule has 0 radical (unpaired) electrons. The second kappa shape index (κ2) is 5.40. The van der Waals surface area contributed by atoms with E-state index in [2.05, 4.69) is 5.10 Å². The van der Waals surface area contributed by atoms with Crippen molar-refractivity contribution >= 4 is 0 Å². The maximum absolute atomic E-state index is 14.5. The number of hydrogen-bond acceptors (Lipinski definition) is 2. The van der Waals surface area contributed by atoms with E-state index in [9.17, 15) is 4.39 Å². The van der Waals surface area contributed by atoms with Gasteiger partial charge in [-0.3, -0.25) is 0 Å². The number of para-hydroxylation sites is 1. The van der Waals surface area contributed by atoms with E-state index in [4.69, 9.17) is 4.74 Å². The molecule has 1 heterocycles. The number of rotatable bonds is 3. The molecule has 3 rings (SSSR count). The first-order chi connectivity index (χ1) is 10.2. The predicted octanol–water partition coefficient (Wildman–Crippen LogP) is 4.00. The van der Waals surface area contributed by atoms with Gasteiger partial charge in [-0.2, -0.15) is 5.10 Å². The molecule has 2 aromatic carbocycles. The minimum absolute atomic E-state index is 0.302. The summed E-state index contributed by atoms with van der Waals surface area (Å²) in [5.74, 6) is 0.436. The van der Waals surface area contributed by atoms with Crippen molar-refractivity contribution in [1.82, 2.24) is 9.78 Å². The molecule has 0 bridgehead atoms. The number of ether oxygens (including phenoxy) is 1. The zero-order valence-electron chi connectivity index (χ0n) is 11.9. The van der Waals surface area contributed by atoms with Crippen molar-refractivity contribution in [2.45, 2.75) is 6.92 Å². The van der Waals surface area contributed by atoms with Crippen LogP contribution < -0.4 is 4.74 Å². The maximum atomic E-state index is 14.5. The highest BCUT2D eigenvalue weighted by Gasteiger charge is 2.18. The molecule has 0 saturated carbocycles. The molecule has 0 unspecified atom stereocenters. The van der Waals surface area contributed by atoms with E-state index in [-0.39, 0.29) is 5.82 Å². The first-order valence-electron chi connectivity index (χ1n) is 6.65. The van der Waals surface area contributed by atoms with Gasteiger partial charge >= 0.3 is 0 Å². The van der Waals surface area contributed by atoms with Crippen molar-refractivity contribution in [2.75, 3.05) is 7.11 Å². The number of nitrogens with zero attached hydrogens (tertiary/aromatic N) is 2. The van der Waals surface area contributed by atoms with Crippen LogP contribution in [0.3, 0.4) is 0 Å². The van der Waals surface area contributed by atoms with Crippen LogP contribution in [-0.4, -0.2) is 16.9 Å². The highest BCUT2D eigenvalue weighted by Crippen LogP contribution is 2.29. The number of aromatic nitrogens is 2. The summed E-state index contributed by atoms with van der Waals surface area (Å²) in [7, 11) is 1.61. The first-order valence-corrected chi connectivity index (χ1v) is 6.65. The summed E-state index contributed by atoms with van der Waals surface area (Å²) in [6.45, 7) is 1.67. The van der Waals surface area contributed by atoms with Gasteiger partial charge in [-0.25, -0.2) is 9.07 Å². The molecule has 0 saturated heterocycles. The molecular weight excluding hydrogens is 267 g/mol. The zero-order valence-corrected chi connectivity index (χ0v) is 11.9. The van der Waals surface area contributed by atoms with Gasteiger partial charge in [-0.1, -0.05) is 18.2 Å². The largest absolute Gasteiger partial charge is 0.497 e. The molecule has 3 aromatic rings. The van der Waals surface area contributed by atoms with Crippen molar-refractivity contribution in [3.05, 3.63) is 66.1 Å². The van der Waals surface area contributed by atoms with Gasteiger partial charge in [0.15, 0.2) is 5.82 Å². The Hall–Kier alpha value is -2.62. The fraction of sp³-hybridized carbons (Fsp3) is 0.118. The van der Waals surface area contributed by atoms with Gasteiger partial charge in [-0.15, -0.1) is 0 Å². The van der Waals surface area contributed by atoms with Crippen LogP contribution in [0, 0.1) is 12.7 Å². The lowest BCUT2D eigenvalue weighted by atomic mass is 10.1. The Labute approximate surface area is 122 Å². The molecule has 0 aliphatic heterocycles. The third kappa shape index (κ3) is 2.40. The van der Waals surface area contributed by atoms with Gasteiger partial charge in [0, 0.05) is 5.56 Å². The lowest BCUT2D eigenvalue weighted by Crippen LogP contribution is -1.99. The molecular formula is C17H15FN2O. The van der Waals surface area contributed by atoms with Crippen LogP contribution in [-0.2, 0) is 0 Å². The topological polar surface area (TPSA) is 27.1 Å². The maximum Gasteiger partial charge on any atom is 0.172 e. The fourth-order valence-electron chi connectivity index (χ4n) is 2.26. The van der Waals surface area contributed by atoms with E-state index >= 15 is 0 Å². The average Bonchev–Trinajstić information content (AvgIpc) is 2.84. The number of halogens is 1. The van der Waals surface area contributed by atoms with E-state index in [0.29, 0.717) is 11.4 Å². The van der Waals surface area contributed by atoms with Crippen LogP contribution in [0.25, 0.3) is 16.9 Å². The molecule has 0 aliphatic rings. The minimum Gasteiger partial charge on any atom is -0.497 e. The minimum atomic E-state index is -0.302. The van der Waals surface area contributed by atoms with Crippen LogP contribution in [0.5, 0.6) is 5.75 Å². The standard InChI is InChI=1S/C17H15FN2O/c1-12-16(18)17(13-8-10-15(21-2)11-9-13)20(19-12)14-6-4-3-5-7-14/h3-11H,1-2H3. The highest BCUT2D eigenvalue weighted by atomic mass is 19.1. The summed E-state index contributed by atoms with van der Waals surface area (Å²) in [6, 6.07) is 16.8. The summed E-state index contributed by atoms with van der Waals surface area (Å²) in [6.07, 6.45) is 0. The zero-order chi connectivity index (χ0) is 14.8. The molecule has 1 aromatic heterocycles. The third-order valence-electron chi connectivity index (χ3n) is 3.35. The highest BCUT2D eigenvalue weighted by molar-refractivity contribution is 5.64. The van der Waals surface area contributed by atoms with Crippen molar-refractivity contribution in [1.29, 1.82) is 0 Å². The van der Waals surface area contributed by atoms with Crippen molar-refractivity contribution in [2.24, 2.45) is 0 Å². The first kappa shape index (κ1) is 13.4. The summed E-state index contributed by atoms with van der Waals surface area (Å²) in [5, 5.41) is 4.31. The molecule has 0 spiro atoms. The van der Waals surface area contributed by atoms with E-state index in [0.717, 1.165) is 17.0 Å². The second-order valence-electron chi connectivity index (χ2n) is 4.72. The molecule has 4 heteroatoms. The van der Waals surface area contributed by atoms with Gasteiger partial charge < -0.3 is 4.74 Å². The van der Waals surface area contributed by atoms with Crippen LogP contribution in [0.15, 0.2) is 54.6 Å². The Morgan fingerprint density at radius 3 is 2.29 bits per heavy atom. The molecule has 0 fully saturated rings. The van der Waals surface area contributed by atoms with E-state index in [1.807, 2.05) is 54.6 Å². The Balaban J connectivity index is 2.17. The van der Waals surface area contributed by atoms with Gasteiger partial charge in [0.2, 0.25) is 0 Å². The molecule has 0 amide bonds. The van der Waals surface area contributed by atoms with Gasteiger partial charge in [0.05, 0.1) is 18.5 Å². The van der Waals surface area contributed by atoms with Crippen molar-refractivity contribution in [3.8, 4) is 22.7 Å². The van der Waals surface area contributed by atoms with Crippen molar-refractivity contribution in [3.63, 3.8) is 0 Å². The number of benzene rings is 2. The predicted molar refractivity (Wildman–Crippen MR) is 80.2 cm³/mol. The van der Waals surface area contributed by atoms with Gasteiger partial charge in [0.25, 0.3) is 0 Å². The summed E-state index contributed by atoms with van der Waals surface area (Å²) < 4.78 is 21.2. The summed E-state index contributed by atoms with van der Waals surface area (Å²) >= 11 is 0. The number of hydrogen-bond donors (Lipinski definition) is 0. The fourth-order valence-corrected chi connectivity index (χ4v) is 2.26. The molecule has 0 aliphatic carbocycles. The van der Waals surface area contributed by atoms with Crippen LogP contribution in [0.4, 0.5) is 4.39 Å².